The topological polar surface area (TPSA) is 79.4 Å². The Labute approximate surface area is 184 Å². The smallest absolute Gasteiger partial charge is 0.248 e. The molecule has 0 unspecified atom stereocenters. The van der Waals surface area contributed by atoms with Crippen LogP contribution in [0.3, 0.4) is 0 Å². The van der Waals surface area contributed by atoms with Crippen molar-refractivity contribution in [1.82, 2.24) is 10.3 Å². The fourth-order valence-corrected chi connectivity index (χ4v) is 5.18. The van der Waals surface area contributed by atoms with Crippen molar-refractivity contribution in [3.05, 3.63) is 60.2 Å². The monoisotopic (exact) mass is 441 g/mol. The second-order valence-corrected chi connectivity index (χ2v) is 8.99. The van der Waals surface area contributed by atoms with Crippen LogP contribution in [0.4, 0.5) is 10.1 Å². The molecule has 0 bridgehead atoms. The molecule has 2 amide bonds. The number of thioether (sulfide) groups is 1. The lowest BCUT2D eigenvalue weighted by Crippen LogP contribution is -2.48. The molecule has 2 aliphatic rings. The highest BCUT2D eigenvalue weighted by molar-refractivity contribution is 8.14. The van der Waals surface area contributed by atoms with Gasteiger partial charge >= 0.3 is 0 Å². The number of rotatable bonds is 6. The minimum Gasteiger partial charge on any atom is -0.351 e. The van der Waals surface area contributed by atoms with Crippen molar-refractivity contribution in [3.63, 3.8) is 0 Å². The number of nitrogens with one attached hydrogen (secondary N) is 1. The lowest BCUT2D eigenvalue weighted by atomic mass is 9.99. The van der Waals surface area contributed by atoms with Gasteiger partial charge in [0.15, 0.2) is 5.12 Å². The van der Waals surface area contributed by atoms with Crippen LogP contribution in [0.5, 0.6) is 0 Å². The third kappa shape index (κ3) is 4.79. The summed E-state index contributed by atoms with van der Waals surface area (Å²) in [7, 11) is 0. The van der Waals surface area contributed by atoms with Gasteiger partial charge in [0.1, 0.15) is 11.9 Å². The molecule has 0 spiro atoms. The molecule has 1 aliphatic carbocycles. The first kappa shape index (κ1) is 21.5. The maximum atomic E-state index is 14.9. The molecule has 1 aromatic heterocycles. The lowest BCUT2D eigenvalue weighted by molar-refractivity contribution is -0.129. The first-order valence-corrected chi connectivity index (χ1v) is 11.5. The normalized spacial score (nSPS) is 19.9. The van der Waals surface area contributed by atoms with Gasteiger partial charge in [-0.2, -0.15) is 0 Å². The highest BCUT2D eigenvalue weighted by Crippen LogP contribution is 2.35. The molecule has 1 aliphatic heterocycles. The third-order valence-corrected chi connectivity index (χ3v) is 6.84. The zero-order valence-corrected chi connectivity index (χ0v) is 17.8. The zero-order chi connectivity index (χ0) is 21.8. The van der Waals surface area contributed by atoms with Crippen molar-refractivity contribution >= 4 is 34.4 Å². The van der Waals surface area contributed by atoms with E-state index >= 15 is 0 Å². The van der Waals surface area contributed by atoms with E-state index in [1.54, 1.807) is 30.6 Å². The molecule has 1 N–H and O–H groups in total. The molecular formula is C23H24FN3O3S. The van der Waals surface area contributed by atoms with Gasteiger partial charge in [-0.05, 0) is 42.7 Å². The molecule has 0 radical (unpaired) electrons. The Morgan fingerprint density at radius 3 is 2.48 bits per heavy atom. The van der Waals surface area contributed by atoms with Crippen LogP contribution >= 0.6 is 11.8 Å². The summed E-state index contributed by atoms with van der Waals surface area (Å²) in [6.07, 6.45) is 7.03. The Bertz CT molecular complexity index is 966. The van der Waals surface area contributed by atoms with E-state index in [0.717, 1.165) is 37.4 Å². The van der Waals surface area contributed by atoms with E-state index in [9.17, 15) is 18.8 Å². The summed E-state index contributed by atoms with van der Waals surface area (Å²) in [6.45, 7) is 0. The summed E-state index contributed by atoms with van der Waals surface area (Å²) in [5.41, 5.74) is 0.569. The highest BCUT2D eigenvalue weighted by Gasteiger charge is 2.40. The average molecular weight is 442 g/mol. The van der Waals surface area contributed by atoms with Gasteiger partial charge in [0.05, 0.1) is 11.6 Å². The summed E-state index contributed by atoms with van der Waals surface area (Å²) in [5.74, 6) is -1.64. The van der Waals surface area contributed by atoms with Gasteiger partial charge in [-0.1, -0.05) is 36.7 Å². The fraction of sp³-hybridized carbons (Fsp3) is 0.391. The summed E-state index contributed by atoms with van der Waals surface area (Å²) in [6, 6.07) is 8.23. The molecule has 8 heteroatoms. The number of nitrogens with zero attached hydrogens (tertiary/aromatic N) is 2. The molecule has 1 saturated carbocycles. The Morgan fingerprint density at radius 2 is 1.84 bits per heavy atom. The maximum Gasteiger partial charge on any atom is 0.248 e. The number of carbonyl (C=O) groups excluding carboxylic acids is 3. The van der Waals surface area contributed by atoms with E-state index in [0.29, 0.717) is 11.3 Å². The van der Waals surface area contributed by atoms with Gasteiger partial charge in [0, 0.05) is 30.6 Å². The second-order valence-electron chi connectivity index (χ2n) is 7.92. The summed E-state index contributed by atoms with van der Waals surface area (Å²) >= 11 is 1.10. The SMILES string of the molecule is O=C1C[C@H](C(=O)N(c2ccccc2F)[C@H](C(=O)NC2CCCC2)c2ccncc2)CS1. The number of pyridine rings is 1. The van der Waals surface area contributed by atoms with Crippen LogP contribution < -0.4 is 10.2 Å². The first-order valence-electron chi connectivity index (χ1n) is 10.5. The lowest BCUT2D eigenvalue weighted by Gasteiger charge is -2.33. The van der Waals surface area contributed by atoms with Crippen LogP contribution in [0.2, 0.25) is 0 Å². The van der Waals surface area contributed by atoms with Gasteiger partial charge in [-0.25, -0.2) is 4.39 Å². The maximum absolute atomic E-state index is 14.9. The first-order chi connectivity index (χ1) is 15.0. The number of aromatic nitrogens is 1. The number of carbonyl (C=O) groups is 3. The van der Waals surface area contributed by atoms with E-state index < -0.39 is 23.7 Å². The fourth-order valence-electron chi connectivity index (χ4n) is 4.21. The van der Waals surface area contributed by atoms with Crippen molar-refractivity contribution in [2.24, 2.45) is 5.92 Å². The molecule has 1 aromatic carbocycles. The van der Waals surface area contributed by atoms with Gasteiger partial charge in [-0.3, -0.25) is 24.3 Å². The number of hydrogen-bond acceptors (Lipinski definition) is 5. The number of amides is 2. The van der Waals surface area contributed by atoms with Crippen LogP contribution in [0.15, 0.2) is 48.8 Å². The third-order valence-electron chi connectivity index (χ3n) is 5.79. The number of para-hydroxylation sites is 1. The largest absolute Gasteiger partial charge is 0.351 e. The summed E-state index contributed by atoms with van der Waals surface area (Å²) < 4.78 is 14.9. The number of hydrogen-bond donors (Lipinski definition) is 1. The van der Waals surface area contributed by atoms with Crippen LogP contribution in [-0.4, -0.2) is 33.7 Å². The molecule has 162 valence electrons. The van der Waals surface area contributed by atoms with Gasteiger partial charge in [0.25, 0.3) is 0 Å². The van der Waals surface area contributed by atoms with Crippen molar-refractivity contribution in [2.75, 3.05) is 10.7 Å². The number of benzene rings is 1. The Morgan fingerprint density at radius 1 is 1.13 bits per heavy atom. The number of halogens is 1. The van der Waals surface area contributed by atoms with E-state index in [-0.39, 0.29) is 29.2 Å². The molecule has 2 fully saturated rings. The summed E-state index contributed by atoms with van der Waals surface area (Å²) in [5, 5.41) is 2.99. The van der Waals surface area contributed by atoms with Gasteiger partial charge in [-0.15, -0.1) is 0 Å². The Balaban J connectivity index is 1.77. The van der Waals surface area contributed by atoms with Crippen LogP contribution in [0.1, 0.15) is 43.7 Å². The molecule has 2 aromatic rings. The van der Waals surface area contributed by atoms with E-state index in [2.05, 4.69) is 10.3 Å². The predicted molar refractivity (Wildman–Crippen MR) is 117 cm³/mol. The van der Waals surface area contributed by atoms with Gasteiger partial charge < -0.3 is 5.32 Å². The van der Waals surface area contributed by atoms with Crippen molar-refractivity contribution in [1.29, 1.82) is 0 Å². The molecule has 2 heterocycles. The molecule has 6 nitrogen and oxygen atoms in total. The predicted octanol–water partition coefficient (Wildman–Crippen LogP) is 3.63. The van der Waals surface area contributed by atoms with Crippen LogP contribution in [0, 0.1) is 11.7 Å². The van der Waals surface area contributed by atoms with Crippen molar-refractivity contribution in [3.8, 4) is 0 Å². The molecular weight excluding hydrogens is 417 g/mol. The Hall–Kier alpha value is -2.74. The molecule has 2 atom stereocenters. The number of anilines is 1. The highest BCUT2D eigenvalue weighted by atomic mass is 32.2. The van der Waals surface area contributed by atoms with Crippen molar-refractivity contribution < 1.29 is 18.8 Å². The van der Waals surface area contributed by atoms with E-state index in [1.807, 2.05) is 0 Å². The molecule has 31 heavy (non-hydrogen) atoms. The minimum atomic E-state index is -1.06. The molecule has 4 rings (SSSR count). The molecule has 1 saturated heterocycles. The zero-order valence-electron chi connectivity index (χ0n) is 17.0. The van der Waals surface area contributed by atoms with Crippen molar-refractivity contribution in [2.45, 2.75) is 44.2 Å². The Kier molecular flexibility index (Phi) is 6.65. The van der Waals surface area contributed by atoms with Gasteiger partial charge in [0.2, 0.25) is 11.8 Å². The van der Waals surface area contributed by atoms with Crippen LogP contribution in [-0.2, 0) is 14.4 Å². The van der Waals surface area contributed by atoms with E-state index in [4.69, 9.17) is 0 Å². The second kappa shape index (κ2) is 9.60. The van der Waals surface area contributed by atoms with E-state index in [1.165, 1.54) is 23.1 Å². The summed E-state index contributed by atoms with van der Waals surface area (Å²) in [4.78, 5) is 44.2. The quantitative estimate of drug-likeness (QED) is 0.741. The average Bonchev–Trinajstić information content (AvgIpc) is 3.44. The van der Waals surface area contributed by atoms with Crippen LogP contribution in [0.25, 0.3) is 0 Å². The minimum absolute atomic E-state index is 0.0280. The standard InChI is InChI=1S/C23H24FN3O3S/c24-18-7-3-4-8-19(18)27(23(30)16-13-20(28)31-14-16)21(15-9-11-25-12-10-15)22(29)26-17-5-1-2-6-17/h3-4,7-12,16-17,21H,1-2,5-6,13-14H2,(H,26,29)/t16-,21-/m0/s1.